The molecule has 186 valence electrons. The molecule has 0 radical (unpaired) electrons. The van der Waals surface area contributed by atoms with Gasteiger partial charge in [0.25, 0.3) is 0 Å². The minimum absolute atomic E-state index is 0.0687. The molecule has 0 aliphatic carbocycles. The highest BCUT2D eigenvalue weighted by Crippen LogP contribution is 2.31. The number of hydrogen-bond acceptors (Lipinski definition) is 6. The Bertz CT molecular complexity index is 1060. The summed E-state index contributed by atoms with van der Waals surface area (Å²) in [6, 6.07) is 11.8. The van der Waals surface area contributed by atoms with Crippen LogP contribution < -0.4 is 19.5 Å². The zero-order valence-corrected chi connectivity index (χ0v) is 21.1. The normalized spacial score (nSPS) is 16.0. The maximum atomic E-state index is 12.9. The second-order valence-corrected chi connectivity index (χ2v) is 10.1. The number of sulfonamides is 1. The van der Waals surface area contributed by atoms with E-state index in [4.69, 9.17) is 14.2 Å². The van der Waals surface area contributed by atoms with Crippen LogP contribution in [-0.2, 0) is 14.8 Å². The van der Waals surface area contributed by atoms with Gasteiger partial charge in [-0.05, 0) is 75.6 Å². The van der Waals surface area contributed by atoms with Crippen molar-refractivity contribution in [2.24, 2.45) is 5.92 Å². The van der Waals surface area contributed by atoms with Gasteiger partial charge in [0.05, 0.1) is 31.3 Å². The quantitative estimate of drug-likeness (QED) is 0.545. The molecule has 0 saturated carbocycles. The molecule has 8 nitrogen and oxygen atoms in total. The van der Waals surface area contributed by atoms with Crippen molar-refractivity contribution in [1.82, 2.24) is 9.62 Å². The van der Waals surface area contributed by atoms with Crippen LogP contribution in [0.5, 0.6) is 17.2 Å². The first kappa shape index (κ1) is 25.8. The standard InChI is InChI=1S/C25H34N2O6S/c1-5-32-23-12-7-20(17-24(23)33-6-2)18(3)26-25(28)19-13-15-27(16-14-19)34(29,30)22-10-8-21(31-4)9-11-22/h7-12,17-19H,5-6,13-16H2,1-4H3,(H,26,28)/t18-/m0/s1. The van der Waals surface area contributed by atoms with Crippen LogP contribution in [0, 0.1) is 5.92 Å². The third-order valence-electron chi connectivity index (χ3n) is 5.95. The molecule has 0 bridgehead atoms. The molecule has 1 aliphatic rings. The predicted molar refractivity (Wildman–Crippen MR) is 130 cm³/mol. The lowest BCUT2D eigenvalue weighted by Crippen LogP contribution is -2.43. The van der Waals surface area contributed by atoms with Crippen LogP contribution in [0.25, 0.3) is 0 Å². The van der Waals surface area contributed by atoms with Crippen molar-refractivity contribution in [2.75, 3.05) is 33.4 Å². The average Bonchev–Trinajstić information content (AvgIpc) is 2.85. The van der Waals surface area contributed by atoms with Gasteiger partial charge in [-0.15, -0.1) is 0 Å². The molecule has 1 fully saturated rings. The van der Waals surface area contributed by atoms with Gasteiger partial charge in [0.1, 0.15) is 5.75 Å². The van der Waals surface area contributed by atoms with Crippen molar-refractivity contribution in [1.29, 1.82) is 0 Å². The minimum atomic E-state index is -3.60. The van der Waals surface area contributed by atoms with Gasteiger partial charge in [-0.2, -0.15) is 4.31 Å². The number of carbonyl (C=O) groups excluding carboxylic acids is 1. The lowest BCUT2D eigenvalue weighted by Gasteiger charge is -2.31. The third-order valence-corrected chi connectivity index (χ3v) is 7.86. The predicted octanol–water partition coefficient (Wildman–Crippen LogP) is 3.77. The summed E-state index contributed by atoms with van der Waals surface area (Å²) < 4.78 is 43.7. The Labute approximate surface area is 202 Å². The molecule has 1 atom stereocenters. The Morgan fingerprint density at radius 1 is 1.03 bits per heavy atom. The summed E-state index contributed by atoms with van der Waals surface area (Å²) in [6.07, 6.45) is 0.947. The number of nitrogens with one attached hydrogen (secondary N) is 1. The van der Waals surface area contributed by atoms with E-state index in [-0.39, 0.29) is 22.8 Å². The third kappa shape index (κ3) is 6.01. The molecule has 1 heterocycles. The summed E-state index contributed by atoms with van der Waals surface area (Å²) >= 11 is 0. The molecule has 2 aromatic rings. The van der Waals surface area contributed by atoms with Gasteiger partial charge in [-0.3, -0.25) is 4.79 Å². The average molecular weight is 491 g/mol. The molecule has 0 spiro atoms. The van der Waals surface area contributed by atoms with Crippen LogP contribution in [-0.4, -0.2) is 52.0 Å². The van der Waals surface area contributed by atoms with E-state index in [0.717, 1.165) is 5.56 Å². The smallest absolute Gasteiger partial charge is 0.243 e. The molecule has 1 amide bonds. The van der Waals surface area contributed by atoms with Gasteiger partial charge in [0.2, 0.25) is 15.9 Å². The summed E-state index contributed by atoms with van der Waals surface area (Å²) in [5.74, 6) is 1.63. The number of hydrogen-bond donors (Lipinski definition) is 1. The van der Waals surface area contributed by atoms with Crippen molar-refractivity contribution in [2.45, 2.75) is 44.6 Å². The van der Waals surface area contributed by atoms with Crippen molar-refractivity contribution >= 4 is 15.9 Å². The van der Waals surface area contributed by atoms with Crippen LogP contribution in [0.15, 0.2) is 47.4 Å². The molecule has 0 aromatic heterocycles. The maximum absolute atomic E-state index is 12.9. The number of methoxy groups -OCH3 is 1. The lowest BCUT2D eigenvalue weighted by molar-refractivity contribution is -0.126. The molecular weight excluding hydrogens is 456 g/mol. The summed E-state index contributed by atoms with van der Waals surface area (Å²) in [6.45, 7) is 7.42. The number of ether oxygens (including phenoxy) is 3. The summed E-state index contributed by atoms with van der Waals surface area (Å²) in [4.78, 5) is 13.1. The van der Waals surface area contributed by atoms with Crippen molar-refractivity contribution in [3.63, 3.8) is 0 Å². The van der Waals surface area contributed by atoms with Crippen LogP contribution in [0.1, 0.15) is 45.2 Å². The van der Waals surface area contributed by atoms with E-state index >= 15 is 0 Å². The summed E-state index contributed by atoms with van der Waals surface area (Å²) in [5.41, 5.74) is 0.916. The Morgan fingerprint density at radius 2 is 1.65 bits per heavy atom. The van der Waals surface area contributed by atoms with Gasteiger partial charge >= 0.3 is 0 Å². The number of carbonyl (C=O) groups is 1. The maximum Gasteiger partial charge on any atom is 0.243 e. The largest absolute Gasteiger partial charge is 0.497 e. The van der Waals surface area contributed by atoms with E-state index in [0.29, 0.717) is 56.4 Å². The van der Waals surface area contributed by atoms with E-state index in [1.54, 1.807) is 24.3 Å². The van der Waals surface area contributed by atoms with Crippen LogP contribution in [0.2, 0.25) is 0 Å². The van der Waals surface area contributed by atoms with E-state index in [1.807, 2.05) is 39.0 Å². The number of rotatable bonds is 10. The van der Waals surface area contributed by atoms with Crippen LogP contribution in [0.4, 0.5) is 0 Å². The SMILES string of the molecule is CCOc1ccc([C@H](C)NC(=O)C2CCN(S(=O)(=O)c3ccc(OC)cc3)CC2)cc1OCC. The highest BCUT2D eigenvalue weighted by atomic mass is 32.2. The summed E-state index contributed by atoms with van der Waals surface area (Å²) in [5, 5.41) is 3.07. The monoisotopic (exact) mass is 490 g/mol. The Morgan fingerprint density at radius 3 is 2.24 bits per heavy atom. The van der Waals surface area contributed by atoms with Crippen molar-refractivity contribution in [3.8, 4) is 17.2 Å². The first-order chi connectivity index (χ1) is 16.3. The molecule has 1 N–H and O–H groups in total. The van der Waals surface area contributed by atoms with E-state index in [9.17, 15) is 13.2 Å². The Kier molecular flexibility index (Phi) is 8.79. The van der Waals surface area contributed by atoms with Gasteiger partial charge in [0.15, 0.2) is 11.5 Å². The van der Waals surface area contributed by atoms with Crippen molar-refractivity contribution in [3.05, 3.63) is 48.0 Å². The minimum Gasteiger partial charge on any atom is -0.497 e. The van der Waals surface area contributed by atoms with Gasteiger partial charge < -0.3 is 19.5 Å². The number of piperidine rings is 1. The highest BCUT2D eigenvalue weighted by molar-refractivity contribution is 7.89. The second-order valence-electron chi connectivity index (χ2n) is 8.16. The van der Waals surface area contributed by atoms with Crippen LogP contribution in [0.3, 0.4) is 0 Å². The van der Waals surface area contributed by atoms with E-state index in [1.165, 1.54) is 11.4 Å². The second kappa shape index (κ2) is 11.6. The fourth-order valence-corrected chi connectivity index (χ4v) is 5.48. The number of nitrogens with zero attached hydrogens (tertiary/aromatic N) is 1. The zero-order valence-electron chi connectivity index (χ0n) is 20.2. The molecule has 1 saturated heterocycles. The first-order valence-electron chi connectivity index (χ1n) is 11.6. The highest BCUT2D eigenvalue weighted by Gasteiger charge is 2.32. The summed E-state index contributed by atoms with van der Waals surface area (Å²) in [7, 11) is -2.07. The molecule has 1 aliphatic heterocycles. The number of benzene rings is 2. The van der Waals surface area contributed by atoms with Crippen molar-refractivity contribution < 1.29 is 27.4 Å². The molecule has 0 unspecified atom stereocenters. The Balaban J connectivity index is 1.59. The lowest BCUT2D eigenvalue weighted by atomic mass is 9.96. The van der Waals surface area contributed by atoms with Gasteiger partial charge in [-0.25, -0.2) is 8.42 Å². The molecule has 34 heavy (non-hydrogen) atoms. The fraction of sp³-hybridized carbons (Fsp3) is 0.480. The van der Waals surface area contributed by atoms with Gasteiger partial charge in [-0.1, -0.05) is 6.07 Å². The van der Waals surface area contributed by atoms with E-state index < -0.39 is 10.0 Å². The first-order valence-corrected chi connectivity index (χ1v) is 13.1. The molecular formula is C25H34N2O6S. The number of amides is 1. The zero-order chi connectivity index (χ0) is 24.7. The molecule has 2 aromatic carbocycles. The Hall–Kier alpha value is -2.78. The van der Waals surface area contributed by atoms with E-state index in [2.05, 4.69) is 5.32 Å². The molecule has 9 heteroatoms. The van der Waals surface area contributed by atoms with Gasteiger partial charge in [0, 0.05) is 19.0 Å². The molecule has 3 rings (SSSR count). The topological polar surface area (TPSA) is 94.2 Å². The van der Waals surface area contributed by atoms with Crippen LogP contribution >= 0.6 is 0 Å². The fourth-order valence-electron chi connectivity index (χ4n) is 4.01.